The van der Waals surface area contributed by atoms with Crippen molar-refractivity contribution in [2.24, 2.45) is 5.92 Å². The van der Waals surface area contributed by atoms with Crippen LogP contribution in [-0.4, -0.2) is 32.3 Å². The van der Waals surface area contributed by atoms with E-state index in [2.05, 4.69) is 24.8 Å². The SMILES string of the molecule is COc1cc(OC)c2c(C)cc(N3CCC[C@H](C)C3)nc2c1. The number of benzene rings is 1. The molecule has 4 heteroatoms. The van der Waals surface area contributed by atoms with Crippen molar-refractivity contribution in [1.29, 1.82) is 0 Å². The Kier molecular flexibility index (Phi) is 4.10. The molecule has 22 heavy (non-hydrogen) atoms. The molecule has 0 spiro atoms. The van der Waals surface area contributed by atoms with E-state index >= 15 is 0 Å². The highest BCUT2D eigenvalue weighted by molar-refractivity contribution is 5.91. The maximum absolute atomic E-state index is 5.52. The molecule has 1 aromatic heterocycles. The van der Waals surface area contributed by atoms with E-state index in [9.17, 15) is 0 Å². The third-order valence-corrected chi connectivity index (χ3v) is 4.47. The Balaban J connectivity index is 2.10. The number of piperidine rings is 1. The molecule has 0 N–H and O–H groups in total. The van der Waals surface area contributed by atoms with Crippen molar-refractivity contribution in [3.05, 3.63) is 23.8 Å². The van der Waals surface area contributed by atoms with E-state index in [-0.39, 0.29) is 0 Å². The number of nitrogens with zero attached hydrogens (tertiary/aromatic N) is 2. The molecule has 1 fully saturated rings. The summed E-state index contributed by atoms with van der Waals surface area (Å²) < 4.78 is 10.9. The second-order valence-corrected chi connectivity index (χ2v) is 6.21. The number of fused-ring (bicyclic) bond motifs is 1. The van der Waals surface area contributed by atoms with Crippen LogP contribution < -0.4 is 14.4 Å². The smallest absolute Gasteiger partial charge is 0.132 e. The van der Waals surface area contributed by atoms with Crippen LogP contribution in [0.3, 0.4) is 0 Å². The first kappa shape index (κ1) is 14.9. The number of anilines is 1. The molecule has 4 nitrogen and oxygen atoms in total. The Bertz CT molecular complexity index is 684. The molecule has 0 aliphatic carbocycles. The molecule has 3 rings (SSSR count). The van der Waals surface area contributed by atoms with Crippen molar-refractivity contribution >= 4 is 16.7 Å². The van der Waals surface area contributed by atoms with E-state index in [0.717, 1.165) is 47.2 Å². The summed E-state index contributed by atoms with van der Waals surface area (Å²) in [4.78, 5) is 7.27. The van der Waals surface area contributed by atoms with Gasteiger partial charge in [0, 0.05) is 30.6 Å². The molecule has 1 atom stereocenters. The standard InChI is InChI=1S/C18H24N2O2/c1-12-6-5-7-20(11-12)17-8-13(2)18-15(19-17)9-14(21-3)10-16(18)22-4/h8-10,12H,5-7,11H2,1-4H3/t12-/m0/s1. The molecule has 1 aliphatic rings. The Hall–Kier alpha value is -1.97. The number of aromatic nitrogens is 1. The fourth-order valence-corrected chi connectivity index (χ4v) is 3.32. The summed E-state index contributed by atoms with van der Waals surface area (Å²) in [5.41, 5.74) is 2.13. The van der Waals surface area contributed by atoms with Gasteiger partial charge in [-0.2, -0.15) is 0 Å². The number of pyridine rings is 1. The van der Waals surface area contributed by atoms with Crippen molar-refractivity contribution in [2.45, 2.75) is 26.7 Å². The highest BCUT2D eigenvalue weighted by Gasteiger charge is 2.19. The molecule has 0 saturated carbocycles. The van der Waals surface area contributed by atoms with Gasteiger partial charge in [0.15, 0.2) is 0 Å². The largest absolute Gasteiger partial charge is 0.497 e. The third-order valence-electron chi connectivity index (χ3n) is 4.47. The van der Waals surface area contributed by atoms with Gasteiger partial charge in [-0.15, -0.1) is 0 Å². The summed E-state index contributed by atoms with van der Waals surface area (Å²) in [5, 5.41) is 1.07. The van der Waals surface area contributed by atoms with Gasteiger partial charge in [-0.25, -0.2) is 4.98 Å². The second kappa shape index (κ2) is 6.03. The first-order valence-electron chi connectivity index (χ1n) is 7.90. The molecule has 1 saturated heterocycles. The minimum absolute atomic E-state index is 0.728. The first-order chi connectivity index (χ1) is 10.6. The summed E-state index contributed by atoms with van der Waals surface area (Å²) in [6.07, 6.45) is 2.55. The van der Waals surface area contributed by atoms with E-state index in [0.29, 0.717) is 0 Å². The number of ether oxygens (including phenoxy) is 2. The lowest BCUT2D eigenvalue weighted by molar-refractivity contribution is 0.397. The van der Waals surface area contributed by atoms with Gasteiger partial charge in [-0.1, -0.05) is 6.92 Å². The lowest BCUT2D eigenvalue weighted by Gasteiger charge is -2.32. The van der Waals surface area contributed by atoms with E-state index < -0.39 is 0 Å². The Morgan fingerprint density at radius 1 is 1.18 bits per heavy atom. The normalized spacial score (nSPS) is 18.5. The van der Waals surface area contributed by atoms with Crippen LogP contribution in [0.15, 0.2) is 18.2 Å². The van der Waals surface area contributed by atoms with Crippen LogP contribution in [0.4, 0.5) is 5.82 Å². The minimum Gasteiger partial charge on any atom is -0.497 e. The van der Waals surface area contributed by atoms with Crippen molar-refractivity contribution in [3.63, 3.8) is 0 Å². The zero-order chi connectivity index (χ0) is 15.7. The molecule has 2 heterocycles. The molecule has 1 aromatic carbocycles. The van der Waals surface area contributed by atoms with Gasteiger partial charge in [0.25, 0.3) is 0 Å². The number of hydrogen-bond acceptors (Lipinski definition) is 4. The zero-order valence-corrected chi connectivity index (χ0v) is 13.8. The van der Waals surface area contributed by atoms with Crippen LogP contribution in [0.5, 0.6) is 11.5 Å². The van der Waals surface area contributed by atoms with Gasteiger partial charge in [0.1, 0.15) is 17.3 Å². The van der Waals surface area contributed by atoms with Crippen LogP contribution in [0, 0.1) is 12.8 Å². The van der Waals surface area contributed by atoms with Gasteiger partial charge in [-0.3, -0.25) is 0 Å². The van der Waals surface area contributed by atoms with Gasteiger partial charge in [-0.05, 0) is 37.3 Å². The average molecular weight is 300 g/mol. The number of rotatable bonds is 3. The summed E-state index contributed by atoms with van der Waals surface area (Å²) in [7, 11) is 3.36. The fourth-order valence-electron chi connectivity index (χ4n) is 3.32. The topological polar surface area (TPSA) is 34.6 Å². The summed E-state index contributed by atoms with van der Waals surface area (Å²) in [6, 6.07) is 6.08. The highest BCUT2D eigenvalue weighted by atomic mass is 16.5. The molecule has 118 valence electrons. The average Bonchev–Trinajstić information content (AvgIpc) is 2.53. The van der Waals surface area contributed by atoms with Crippen LogP contribution >= 0.6 is 0 Å². The van der Waals surface area contributed by atoms with E-state index in [1.54, 1.807) is 14.2 Å². The molecule has 0 unspecified atom stereocenters. The summed E-state index contributed by atoms with van der Waals surface area (Å²) in [5.74, 6) is 3.39. The van der Waals surface area contributed by atoms with Gasteiger partial charge < -0.3 is 14.4 Å². The third kappa shape index (κ3) is 2.70. The van der Waals surface area contributed by atoms with Gasteiger partial charge in [0.05, 0.1) is 19.7 Å². The second-order valence-electron chi connectivity index (χ2n) is 6.21. The van der Waals surface area contributed by atoms with Crippen LogP contribution in [-0.2, 0) is 0 Å². The first-order valence-corrected chi connectivity index (χ1v) is 7.90. The van der Waals surface area contributed by atoms with Crippen LogP contribution in [0.2, 0.25) is 0 Å². The molecular formula is C18H24N2O2. The lowest BCUT2D eigenvalue weighted by atomic mass is 10.00. The van der Waals surface area contributed by atoms with Crippen molar-refractivity contribution in [2.75, 3.05) is 32.2 Å². The van der Waals surface area contributed by atoms with Gasteiger partial charge >= 0.3 is 0 Å². The Labute approximate surface area is 132 Å². The van der Waals surface area contributed by atoms with Crippen LogP contribution in [0.1, 0.15) is 25.3 Å². The molecular weight excluding hydrogens is 276 g/mol. The van der Waals surface area contributed by atoms with Gasteiger partial charge in [0.2, 0.25) is 0 Å². The number of methoxy groups -OCH3 is 2. The molecule has 2 aromatic rings. The van der Waals surface area contributed by atoms with Crippen molar-refractivity contribution < 1.29 is 9.47 Å². The van der Waals surface area contributed by atoms with Crippen LogP contribution in [0.25, 0.3) is 10.9 Å². The lowest BCUT2D eigenvalue weighted by Crippen LogP contribution is -2.34. The van der Waals surface area contributed by atoms with Crippen molar-refractivity contribution in [1.82, 2.24) is 4.98 Å². The summed E-state index contributed by atoms with van der Waals surface area (Å²) in [6.45, 7) is 6.60. The monoisotopic (exact) mass is 300 g/mol. The van der Waals surface area contributed by atoms with E-state index in [4.69, 9.17) is 14.5 Å². The highest BCUT2D eigenvalue weighted by Crippen LogP contribution is 2.35. The fraction of sp³-hybridized carbons (Fsp3) is 0.500. The zero-order valence-electron chi connectivity index (χ0n) is 13.8. The maximum Gasteiger partial charge on any atom is 0.132 e. The Morgan fingerprint density at radius 2 is 2.00 bits per heavy atom. The molecule has 0 radical (unpaired) electrons. The maximum atomic E-state index is 5.52. The number of aryl methyl sites for hydroxylation is 1. The number of hydrogen-bond donors (Lipinski definition) is 0. The molecule has 0 amide bonds. The molecule has 0 bridgehead atoms. The quantitative estimate of drug-likeness (QED) is 0.863. The Morgan fingerprint density at radius 3 is 2.68 bits per heavy atom. The van der Waals surface area contributed by atoms with E-state index in [1.165, 1.54) is 18.4 Å². The molecule has 1 aliphatic heterocycles. The predicted molar refractivity (Wildman–Crippen MR) is 90.2 cm³/mol. The minimum atomic E-state index is 0.728. The predicted octanol–water partition coefficient (Wildman–Crippen LogP) is 3.80. The van der Waals surface area contributed by atoms with E-state index in [1.807, 2.05) is 12.1 Å². The summed E-state index contributed by atoms with van der Waals surface area (Å²) >= 11 is 0. The van der Waals surface area contributed by atoms with Crippen molar-refractivity contribution in [3.8, 4) is 11.5 Å².